The first-order chi connectivity index (χ1) is 9.04. The van der Waals surface area contributed by atoms with E-state index in [1.165, 1.54) is 45.3 Å². The zero-order valence-corrected chi connectivity index (χ0v) is 13.5. The highest BCUT2D eigenvalue weighted by molar-refractivity contribution is 4.80. The molecule has 0 spiro atoms. The van der Waals surface area contributed by atoms with Gasteiger partial charge in [0.05, 0.1) is 6.61 Å². The van der Waals surface area contributed by atoms with Crippen LogP contribution in [-0.2, 0) is 4.74 Å². The summed E-state index contributed by atoms with van der Waals surface area (Å²) in [6, 6.07) is 0. The number of nitrogens with one attached hydrogen (secondary N) is 1. The van der Waals surface area contributed by atoms with Crippen LogP contribution in [0.3, 0.4) is 0 Å². The quantitative estimate of drug-likeness (QED) is 0.686. The molecular weight excluding hydrogens is 236 g/mol. The number of nitrogens with zero attached hydrogens (tertiary/aromatic N) is 1. The second-order valence-corrected chi connectivity index (χ2v) is 6.93. The van der Waals surface area contributed by atoms with Gasteiger partial charge in [-0.25, -0.2) is 0 Å². The monoisotopic (exact) mass is 270 g/mol. The van der Waals surface area contributed by atoms with E-state index in [0.29, 0.717) is 5.41 Å². The predicted molar refractivity (Wildman–Crippen MR) is 82.6 cm³/mol. The SMILES string of the molecule is COCCNCCCCN1CCC(C(C)(C)C)CC1. The van der Waals surface area contributed by atoms with Crippen LogP contribution in [0.15, 0.2) is 0 Å². The minimum Gasteiger partial charge on any atom is -0.383 e. The summed E-state index contributed by atoms with van der Waals surface area (Å²) in [6.45, 7) is 14.0. The molecule has 0 aromatic rings. The van der Waals surface area contributed by atoms with Crippen LogP contribution in [0, 0.1) is 11.3 Å². The van der Waals surface area contributed by atoms with Gasteiger partial charge in [0.1, 0.15) is 0 Å². The minimum absolute atomic E-state index is 0.497. The van der Waals surface area contributed by atoms with Gasteiger partial charge in [-0.1, -0.05) is 20.8 Å². The molecular formula is C16H34N2O. The summed E-state index contributed by atoms with van der Waals surface area (Å²) in [5.41, 5.74) is 0.497. The molecule has 0 bridgehead atoms. The van der Waals surface area contributed by atoms with Crippen molar-refractivity contribution in [2.45, 2.75) is 46.5 Å². The van der Waals surface area contributed by atoms with E-state index in [9.17, 15) is 0 Å². The highest BCUT2D eigenvalue weighted by Gasteiger charge is 2.28. The normalized spacial score (nSPS) is 18.9. The summed E-state index contributed by atoms with van der Waals surface area (Å²) < 4.78 is 5.01. The van der Waals surface area contributed by atoms with E-state index in [4.69, 9.17) is 4.74 Å². The Hall–Kier alpha value is -0.120. The molecule has 0 unspecified atom stereocenters. The molecule has 1 aliphatic rings. The molecule has 0 aliphatic carbocycles. The van der Waals surface area contributed by atoms with Crippen LogP contribution in [0.2, 0.25) is 0 Å². The second-order valence-electron chi connectivity index (χ2n) is 6.93. The van der Waals surface area contributed by atoms with E-state index in [1.807, 2.05) is 0 Å². The summed E-state index contributed by atoms with van der Waals surface area (Å²) in [6.07, 6.45) is 5.37. The van der Waals surface area contributed by atoms with E-state index in [2.05, 4.69) is 31.0 Å². The van der Waals surface area contributed by atoms with E-state index in [-0.39, 0.29) is 0 Å². The number of hydrogen-bond donors (Lipinski definition) is 1. The molecule has 1 rings (SSSR count). The molecule has 3 nitrogen and oxygen atoms in total. The Morgan fingerprint density at radius 3 is 2.37 bits per heavy atom. The van der Waals surface area contributed by atoms with Crippen molar-refractivity contribution in [3.05, 3.63) is 0 Å². The molecule has 0 atom stereocenters. The summed E-state index contributed by atoms with van der Waals surface area (Å²) in [4.78, 5) is 2.65. The zero-order chi connectivity index (χ0) is 14.1. The molecule has 1 N–H and O–H groups in total. The lowest BCUT2D eigenvalue weighted by atomic mass is 9.75. The third-order valence-electron chi connectivity index (χ3n) is 4.37. The third kappa shape index (κ3) is 7.28. The van der Waals surface area contributed by atoms with Gasteiger partial charge in [-0.15, -0.1) is 0 Å². The van der Waals surface area contributed by atoms with Gasteiger partial charge >= 0.3 is 0 Å². The van der Waals surface area contributed by atoms with E-state index in [0.717, 1.165) is 25.6 Å². The maximum atomic E-state index is 5.01. The highest BCUT2D eigenvalue weighted by atomic mass is 16.5. The smallest absolute Gasteiger partial charge is 0.0587 e. The van der Waals surface area contributed by atoms with Crippen molar-refractivity contribution in [1.29, 1.82) is 0 Å². The largest absolute Gasteiger partial charge is 0.383 e. The molecule has 114 valence electrons. The predicted octanol–water partition coefficient (Wildman–Crippen LogP) is 2.76. The Kier molecular flexibility index (Phi) is 7.96. The first kappa shape index (κ1) is 16.9. The lowest BCUT2D eigenvalue weighted by Crippen LogP contribution is -2.38. The number of likely N-dealkylation sites (tertiary alicyclic amines) is 1. The number of hydrogen-bond acceptors (Lipinski definition) is 3. The zero-order valence-electron chi connectivity index (χ0n) is 13.5. The first-order valence-corrected chi connectivity index (χ1v) is 7.96. The van der Waals surface area contributed by atoms with E-state index >= 15 is 0 Å². The fourth-order valence-corrected chi connectivity index (χ4v) is 2.91. The molecule has 0 radical (unpaired) electrons. The van der Waals surface area contributed by atoms with Crippen LogP contribution in [0.5, 0.6) is 0 Å². The Bertz CT molecular complexity index is 217. The number of rotatable bonds is 8. The second kappa shape index (κ2) is 8.93. The molecule has 19 heavy (non-hydrogen) atoms. The number of ether oxygens (including phenoxy) is 1. The van der Waals surface area contributed by atoms with Crippen molar-refractivity contribution in [3.8, 4) is 0 Å². The molecule has 0 saturated carbocycles. The Balaban J connectivity index is 1.98. The van der Waals surface area contributed by atoms with Gasteiger partial charge in [-0.3, -0.25) is 0 Å². The van der Waals surface area contributed by atoms with Gasteiger partial charge in [-0.2, -0.15) is 0 Å². The van der Waals surface area contributed by atoms with Crippen LogP contribution in [0.25, 0.3) is 0 Å². The molecule has 3 heteroatoms. The summed E-state index contributed by atoms with van der Waals surface area (Å²) >= 11 is 0. The number of methoxy groups -OCH3 is 1. The summed E-state index contributed by atoms with van der Waals surface area (Å²) in [5.74, 6) is 0.916. The van der Waals surface area contributed by atoms with Gasteiger partial charge < -0.3 is 15.0 Å². The van der Waals surface area contributed by atoms with Crippen LogP contribution in [0.4, 0.5) is 0 Å². The van der Waals surface area contributed by atoms with Crippen molar-refractivity contribution >= 4 is 0 Å². The first-order valence-electron chi connectivity index (χ1n) is 7.96. The third-order valence-corrected chi connectivity index (χ3v) is 4.37. The van der Waals surface area contributed by atoms with Crippen LogP contribution in [-0.4, -0.2) is 51.3 Å². The van der Waals surface area contributed by atoms with Crippen LogP contribution < -0.4 is 5.32 Å². The summed E-state index contributed by atoms with van der Waals surface area (Å²) in [7, 11) is 1.75. The van der Waals surface area contributed by atoms with E-state index < -0.39 is 0 Å². The van der Waals surface area contributed by atoms with Crippen LogP contribution >= 0.6 is 0 Å². The maximum Gasteiger partial charge on any atom is 0.0587 e. The lowest BCUT2D eigenvalue weighted by Gasteiger charge is -2.38. The standard InChI is InChI=1S/C16H34N2O/c1-16(2,3)15-7-12-18(13-8-15)11-6-5-9-17-10-14-19-4/h15,17H,5-14H2,1-4H3. The van der Waals surface area contributed by atoms with Gasteiger partial charge in [0.15, 0.2) is 0 Å². The van der Waals surface area contributed by atoms with Gasteiger partial charge in [-0.05, 0) is 63.2 Å². The van der Waals surface area contributed by atoms with Crippen LogP contribution in [0.1, 0.15) is 46.5 Å². The average molecular weight is 270 g/mol. The number of unbranched alkanes of at least 4 members (excludes halogenated alkanes) is 1. The molecule has 0 aromatic heterocycles. The minimum atomic E-state index is 0.497. The van der Waals surface area contributed by atoms with Gasteiger partial charge in [0.25, 0.3) is 0 Å². The van der Waals surface area contributed by atoms with Crippen molar-refractivity contribution in [2.75, 3.05) is 46.4 Å². The van der Waals surface area contributed by atoms with Crippen molar-refractivity contribution in [2.24, 2.45) is 11.3 Å². The van der Waals surface area contributed by atoms with Gasteiger partial charge in [0.2, 0.25) is 0 Å². The Morgan fingerprint density at radius 1 is 1.11 bits per heavy atom. The molecule has 1 saturated heterocycles. The van der Waals surface area contributed by atoms with Crippen molar-refractivity contribution in [1.82, 2.24) is 10.2 Å². The maximum absolute atomic E-state index is 5.01. The van der Waals surface area contributed by atoms with E-state index in [1.54, 1.807) is 7.11 Å². The Morgan fingerprint density at radius 2 is 1.79 bits per heavy atom. The molecule has 1 heterocycles. The summed E-state index contributed by atoms with van der Waals surface area (Å²) in [5, 5.41) is 3.41. The highest BCUT2D eigenvalue weighted by Crippen LogP contribution is 2.34. The average Bonchev–Trinajstić information content (AvgIpc) is 2.37. The molecule has 0 amide bonds. The number of piperidine rings is 1. The fourth-order valence-electron chi connectivity index (χ4n) is 2.91. The van der Waals surface area contributed by atoms with Crippen molar-refractivity contribution < 1.29 is 4.74 Å². The van der Waals surface area contributed by atoms with Crippen molar-refractivity contribution in [3.63, 3.8) is 0 Å². The van der Waals surface area contributed by atoms with Gasteiger partial charge in [0, 0.05) is 13.7 Å². The topological polar surface area (TPSA) is 24.5 Å². The molecule has 1 aliphatic heterocycles. The fraction of sp³-hybridized carbons (Fsp3) is 1.00. The Labute approximate surface area is 120 Å². The molecule has 1 fully saturated rings. The lowest BCUT2D eigenvalue weighted by molar-refractivity contribution is 0.111. The molecule has 0 aromatic carbocycles.